The predicted octanol–water partition coefficient (Wildman–Crippen LogP) is 31.6. The van der Waals surface area contributed by atoms with Gasteiger partial charge >= 0.3 is 0 Å². The van der Waals surface area contributed by atoms with Gasteiger partial charge in [0, 0.05) is 105 Å². The van der Waals surface area contributed by atoms with Gasteiger partial charge in [0.2, 0.25) is 0 Å². The minimum Gasteiger partial charge on any atom is -0.456 e. The second kappa shape index (κ2) is 26.2. The first-order valence-electron chi connectivity index (χ1n) is 37.4. The Bertz CT molecular complexity index is 7390. The van der Waals surface area contributed by atoms with Crippen molar-refractivity contribution in [1.82, 2.24) is 0 Å². The lowest BCUT2D eigenvalue weighted by Gasteiger charge is -2.26. The van der Waals surface area contributed by atoms with Gasteiger partial charge in [0.05, 0.1) is 0 Å². The van der Waals surface area contributed by atoms with Crippen molar-refractivity contribution in [3.8, 4) is 77.9 Å². The van der Waals surface area contributed by atoms with Gasteiger partial charge in [-0.1, -0.05) is 249 Å². The summed E-state index contributed by atoms with van der Waals surface area (Å²) in [6.07, 6.45) is 0. The molecule has 0 radical (unpaired) electrons. The fourth-order valence-electron chi connectivity index (χ4n) is 17.0. The number of hydrogen-bond acceptors (Lipinski definition) is 6. The summed E-state index contributed by atoms with van der Waals surface area (Å²) in [5.74, 6) is 0. The Morgan fingerprint density at radius 1 is 0.173 bits per heavy atom. The van der Waals surface area contributed by atoms with E-state index in [1.807, 2.05) is 46.1 Å². The van der Waals surface area contributed by atoms with Gasteiger partial charge in [-0.3, -0.25) is 0 Å². The summed E-state index contributed by atoms with van der Waals surface area (Å²) < 4.78 is 13.9. The van der Waals surface area contributed by atoms with Crippen LogP contribution >= 0.6 is 34.0 Å². The zero-order valence-electron chi connectivity index (χ0n) is 59.5. The third-order valence-electron chi connectivity index (χ3n) is 22.3. The summed E-state index contributed by atoms with van der Waals surface area (Å²) in [6.45, 7) is 0. The van der Waals surface area contributed by atoms with E-state index >= 15 is 0 Å². The Morgan fingerprint density at radius 3 is 1.13 bits per heavy atom. The molecule has 0 aliphatic rings. The number of thiophene rings is 3. The van der Waals surface area contributed by atoms with Crippen molar-refractivity contribution in [2.24, 2.45) is 0 Å². The summed E-state index contributed by atoms with van der Waals surface area (Å²) in [5.41, 5.74) is 25.0. The molecule has 0 aliphatic heterocycles. The van der Waals surface area contributed by atoms with Crippen molar-refractivity contribution < 1.29 is 4.42 Å². The molecule has 6 heteroatoms. The average molecular weight is 1450 g/mol. The summed E-state index contributed by atoms with van der Waals surface area (Å²) in [5, 5.41) is 14.9. The van der Waals surface area contributed by atoms with Crippen LogP contribution in [0.15, 0.2) is 393 Å². The van der Waals surface area contributed by atoms with Crippen LogP contribution in [-0.4, -0.2) is 0 Å². The molecule has 22 rings (SSSR count). The monoisotopic (exact) mass is 1450 g/mol. The average Bonchev–Trinajstić information content (AvgIpc) is 1.56. The third kappa shape index (κ3) is 11.0. The number of furan rings is 1. The number of benzene rings is 18. The van der Waals surface area contributed by atoms with E-state index in [2.05, 4.69) is 386 Å². The second-order valence-corrected chi connectivity index (χ2v) is 31.9. The molecule has 0 bridgehead atoms. The van der Waals surface area contributed by atoms with Gasteiger partial charge in [0.1, 0.15) is 11.2 Å². The summed E-state index contributed by atoms with van der Waals surface area (Å²) in [4.78, 5) is 4.81. The van der Waals surface area contributed by atoms with Crippen LogP contribution in [-0.2, 0) is 0 Å². The smallest absolute Gasteiger partial charge is 0.135 e. The number of para-hydroxylation sites is 1. The first kappa shape index (κ1) is 63.8. The maximum Gasteiger partial charge on any atom is 0.135 e. The normalized spacial score (nSPS) is 11.8. The maximum atomic E-state index is 6.23. The van der Waals surface area contributed by atoms with E-state index in [1.54, 1.807) is 0 Å². The van der Waals surface area contributed by atoms with Crippen molar-refractivity contribution in [2.45, 2.75) is 0 Å². The van der Waals surface area contributed by atoms with Crippen LogP contribution in [0.3, 0.4) is 0 Å². The van der Waals surface area contributed by atoms with E-state index < -0.39 is 0 Å². The van der Waals surface area contributed by atoms with Crippen LogP contribution in [0.2, 0.25) is 0 Å². The third-order valence-corrected chi connectivity index (χ3v) is 25.7. The van der Waals surface area contributed by atoms with E-state index in [9.17, 15) is 0 Å². The highest BCUT2D eigenvalue weighted by Gasteiger charge is 2.22. The lowest BCUT2D eigenvalue weighted by atomic mass is 9.96. The van der Waals surface area contributed by atoms with Crippen molar-refractivity contribution in [3.63, 3.8) is 0 Å². The van der Waals surface area contributed by atoms with Crippen LogP contribution in [0, 0.1) is 0 Å². The van der Waals surface area contributed by atoms with Gasteiger partial charge in [-0.15, -0.1) is 34.0 Å². The standard InChI is InChI=1S/C104H64N2OS3/c1-3-23-83-67(15-1)17-11-27-85(83)69-39-51-79(52-40-69)105(81-21-9-19-75(59-81)87-29-13-33-100-103(87)91-26-6-8-32-97(91)108-100)78-49-37-66(38-50-78)72-45-57-98-93(62-72)90-55-43-74(64-102(90)110-98)73-46-58-99-94(63-73)104-88(30-14-34-101(104)109-99)76-20-10-22-82(60-76)106(80-53-41-70(42-54-80)86-28-12-18-68-16-2-4-24-84(68)86)77-47-35-65(36-48-77)71-44-56-96-92(61-71)89-25-5-7-31-95(89)107-96/h1-64H. The molecule has 4 heterocycles. The number of rotatable bonds is 13. The zero-order valence-corrected chi connectivity index (χ0v) is 61.9. The number of hydrogen-bond donors (Lipinski definition) is 0. The van der Waals surface area contributed by atoms with Crippen molar-refractivity contribution in [1.29, 1.82) is 0 Å². The highest BCUT2D eigenvalue weighted by atomic mass is 32.1. The van der Waals surface area contributed by atoms with Crippen LogP contribution in [0.4, 0.5) is 34.1 Å². The molecule has 0 aliphatic carbocycles. The molecule has 0 amide bonds. The van der Waals surface area contributed by atoms with Gasteiger partial charge in [0.25, 0.3) is 0 Å². The molecule has 0 N–H and O–H groups in total. The minimum absolute atomic E-state index is 0.896. The van der Waals surface area contributed by atoms with Gasteiger partial charge in [-0.2, -0.15) is 0 Å². The molecule has 0 unspecified atom stereocenters. The molecule has 0 fully saturated rings. The number of fused-ring (bicyclic) bond motifs is 14. The van der Waals surface area contributed by atoms with Crippen LogP contribution in [0.5, 0.6) is 0 Å². The number of anilines is 6. The summed E-state index contributed by atoms with van der Waals surface area (Å²) in [6, 6.07) is 143. The van der Waals surface area contributed by atoms with Crippen LogP contribution in [0.1, 0.15) is 0 Å². The molecule has 0 spiro atoms. The van der Waals surface area contributed by atoms with E-state index in [1.165, 1.54) is 143 Å². The number of nitrogens with zero attached hydrogens (tertiary/aromatic N) is 2. The van der Waals surface area contributed by atoms with Crippen molar-refractivity contribution >= 4 is 172 Å². The summed E-state index contributed by atoms with van der Waals surface area (Å²) in [7, 11) is 0. The van der Waals surface area contributed by atoms with E-state index in [0.717, 1.165) is 72.8 Å². The lowest BCUT2D eigenvalue weighted by Crippen LogP contribution is -2.10. The molecule has 4 aromatic heterocycles. The van der Waals surface area contributed by atoms with E-state index in [-0.39, 0.29) is 0 Å². The summed E-state index contributed by atoms with van der Waals surface area (Å²) >= 11 is 5.61. The van der Waals surface area contributed by atoms with Gasteiger partial charge < -0.3 is 14.2 Å². The van der Waals surface area contributed by atoms with Crippen LogP contribution in [0.25, 0.3) is 182 Å². The fraction of sp³-hybridized carbons (Fsp3) is 0. The Balaban J connectivity index is 0.584. The Kier molecular flexibility index (Phi) is 15.2. The molecular weight excluding hydrogens is 1390 g/mol. The molecule has 22 aromatic rings. The fourth-order valence-corrected chi connectivity index (χ4v) is 20.3. The highest BCUT2D eigenvalue weighted by Crippen LogP contribution is 2.49. The van der Waals surface area contributed by atoms with E-state index in [4.69, 9.17) is 4.42 Å². The van der Waals surface area contributed by atoms with Gasteiger partial charge in [0.15, 0.2) is 0 Å². The largest absolute Gasteiger partial charge is 0.456 e. The van der Waals surface area contributed by atoms with Crippen molar-refractivity contribution in [3.05, 3.63) is 388 Å². The molecule has 0 saturated carbocycles. The van der Waals surface area contributed by atoms with Gasteiger partial charge in [-0.05, 0) is 239 Å². The lowest BCUT2D eigenvalue weighted by molar-refractivity contribution is 0.669. The Morgan fingerprint density at radius 2 is 0.545 bits per heavy atom. The molecule has 514 valence electrons. The maximum absolute atomic E-state index is 6.23. The molecule has 18 aromatic carbocycles. The topological polar surface area (TPSA) is 19.6 Å². The predicted molar refractivity (Wildman–Crippen MR) is 475 cm³/mol. The molecular formula is C104H64N2OS3. The first-order chi connectivity index (χ1) is 54.5. The second-order valence-electron chi connectivity index (χ2n) is 28.6. The Labute approximate surface area is 647 Å². The molecule has 0 atom stereocenters. The SMILES string of the molecule is c1cc(-c2cccc3sc4ccccc4c23)cc(N(c2ccc(-c3ccc4sc5cc(-c6ccc7sc8cccc(-c9cccc(N(c%10ccc(-c%11ccc%12oc%13ccccc%13c%12c%11)cc%10)c%10ccc(-c%11cccc%12ccccc%11%12)cc%10)c9)c8c7c6)ccc5c4c3)cc2)c2ccc(-c3cccc4ccccc34)cc2)c1. The Hall–Kier alpha value is -13.5. The van der Waals surface area contributed by atoms with Crippen molar-refractivity contribution in [2.75, 3.05) is 9.80 Å². The van der Waals surface area contributed by atoms with Gasteiger partial charge in [-0.25, -0.2) is 0 Å². The quantitative estimate of drug-likeness (QED) is 0.115. The van der Waals surface area contributed by atoms with E-state index in [0.29, 0.717) is 0 Å². The molecule has 110 heavy (non-hydrogen) atoms. The minimum atomic E-state index is 0.896. The van der Waals surface area contributed by atoms with Crippen LogP contribution < -0.4 is 9.80 Å². The first-order valence-corrected chi connectivity index (χ1v) is 39.8. The molecule has 0 saturated heterocycles. The molecule has 3 nitrogen and oxygen atoms in total. The zero-order chi connectivity index (χ0) is 72.3. The highest BCUT2D eigenvalue weighted by molar-refractivity contribution is 7.26.